The van der Waals surface area contributed by atoms with Crippen LogP contribution in [0.5, 0.6) is 11.5 Å². The molecule has 2 saturated heterocycles. The number of carbonyl (C=O) groups is 3. The second-order valence-electron chi connectivity index (χ2n) is 6.32. The first-order valence-electron chi connectivity index (χ1n) is 8.12. The largest absolute Gasteiger partial charge is 0.508 e. The zero-order chi connectivity index (χ0) is 17.3. The molecule has 0 aliphatic carbocycles. The highest BCUT2D eigenvalue weighted by Crippen LogP contribution is 2.31. The Morgan fingerprint density at radius 2 is 1.96 bits per heavy atom. The Hall–Kier alpha value is -2.57. The molecule has 24 heavy (non-hydrogen) atoms. The smallest absolute Gasteiger partial charge is 0.243 e. The molecule has 0 saturated carbocycles. The minimum Gasteiger partial charge on any atom is -0.508 e. The Balaban J connectivity index is 1.77. The van der Waals surface area contributed by atoms with Gasteiger partial charge in [0.25, 0.3) is 0 Å². The highest BCUT2D eigenvalue weighted by atomic mass is 16.3. The van der Waals surface area contributed by atoms with Crippen molar-refractivity contribution >= 4 is 17.7 Å². The molecule has 128 valence electrons. The Labute approximate surface area is 139 Å². The quantitative estimate of drug-likeness (QED) is 0.706. The van der Waals surface area contributed by atoms with E-state index in [1.54, 1.807) is 0 Å². The highest BCUT2D eigenvalue weighted by molar-refractivity contribution is 6.07. The van der Waals surface area contributed by atoms with Gasteiger partial charge in [-0.1, -0.05) is 6.07 Å². The number of nitrogens with one attached hydrogen (secondary N) is 1. The molecule has 2 aliphatic rings. The van der Waals surface area contributed by atoms with Gasteiger partial charge in [0, 0.05) is 19.0 Å². The van der Waals surface area contributed by atoms with Gasteiger partial charge in [-0.2, -0.15) is 0 Å². The van der Waals surface area contributed by atoms with Gasteiger partial charge in [-0.05, 0) is 37.3 Å². The van der Waals surface area contributed by atoms with Crippen LogP contribution in [-0.2, 0) is 20.8 Å². The minimum atomic E-state index is -0.731. The molecule has 1 aromatic rings. The zero-order valence-electron chi connectivity index (χ0n) is 13.2. The number of hydrogen-bond acceptors (Lipinski definition) is 5. The predicted molar refractivity (Wildman–Crippen MR) is 84.1 cm³/mol. The summed E-state index contributed by atoms with van der Waals surface area (Å²) in [4.78, 5) is 38.2. The normalized spacial score (nSPS) is 24.8. The van der Waals surface area contributed by atoms with Gasteiger partial charge in [-0.15, -0.1) is 0 Å². The molecule has 0 bridgehead atoms. The van der Waals surface area contributed by atoms with Crippen molar-refractivity contribution in [3.63, 3.8) is 0 Å². The first kappa shape index (κ1) is 16.3. The standard InChI is InChI=1S/C17H20N2O5/c20-12-5-4-10(14(21)9-12)7-11-8-15(22)19(17(11)24)13-3-1-2-6-18-16(13)23/h4-5,9,11,13,20-21H,1-3,6-8H2,(H,18,23). The number of benzene rings is 1. The van der Waals surface area contributed by atoms with Gasteiger partial charge < -0.3 is 15.5 Å². The molecule has 7 heteroatoms. The molecular weight excluding hydrogens is 312 g/mol. The Bertz CT molecular complexity index is 688. The summed E-state index contributed by atoms with van der Waals surface area (Å²) in [7, 11) is 0. The Morgan fingerprint density at radius 3 is 2.71 bits per heavy atom. The molecule has 2 fully saturated rings. The lowest BCUT2D eigenvalue weighted by Gasteiger charge is -2.24. The summed E-state index contributed by atoms with van der Waals surface area (Å²) >= 11 is 0. The summed E-state index contributed by atoms with van der Waals surface area (Å²) in [5, 5.41) is 21.9. The van der Waals surface area contributed by atoms with Crippen molar-refractivity contribution < 1.29 is 24.6 Å². The van der Waals surface area contributed by atoms with Crippen LogP contribution < -0.4 is 5.32 Å². The molecule has 2 atom stereocenters. The number of carbonyl (C=O) groups excluding carboxylic acids is 3. The van der Waals surface area contributed by atoms with E-state index in [0.717, 1.165) is 17.7 Å². The second-order valence-corrected chi connectivity index (χ2v) is 6.32. The molecular formula is C17H20N2O5. The van der Waals surface area contributed by atoms with E-state index in [-0.39, 0.29) is 42.1 Å². The lowest BCUT2D eigenvalue weighted by molar-refractivity contribution is -0.147. The number of nitrogens with zero attached hydrogens (tertiary/aromatic N) is 1. The van der Waals surface area contributed by atoms with Crippen LogP contribution in [0.1, 0.15) is 31.2 Å². The van der Waals surface area contributed by atoms with Crippen LogP contribution in [-0.4, -0.2) is 45.4 Å². The van der Waals surface area contributed by atoms with E-state index in [9.17, 15) is 24.6 Å². The van der Waals surface area contributed by atoms with Crippen molar-refractivity contribution in [1.29, 1.82) is 0 Å². The number of likely N-dealkylation sites (tertiary alicyclic amines) is 1. The summed E-state index contributed by atoms with van der Waals surface area (Å²) in [5.41, 5.74) is 0.492. The van der Waals surface area contributed by atoms with Crippen LogP contribution >= 0.6 is 0 Å². The topological polar surface area (TPSA) is 107 Å². The molecule has 1 aromatic carbocycles. The first-order chi connectivity index (χ1) is 11.5. The predicted octanol–water partition coefficient (Wildman–Crippen LogP) is 0.684. The van der Waals surface area contributed by atoms with Crippen LogP contribution in [0.15, 0.2) is 18.2 Å². The van der Waals surface area contributed by atoms with E-state index in [4.69, 9.17) is 0 Å². The van der Waals surface area contributed by atoms with Crippen LogP contribution in [0.25, 0.3) is 0 Å². The summed E-state index contributed by atoms with van der Waals surface area (Å²) in [6.07, 6.45) is 2.33. The number of amides is 3. The average molecular weight is 332 g/mol. The van der Waals surface area contributed by atoms with E-state index in [2.05, 4.69) is 5.32 Å². The maximum atomic E-state index is 12.6. The third-order valence-corrected chi connectivity index (χ3v) is 4.63. The van der Waals surface area contributed by atoms with Crippen molar-refractivity contribution in [2.45, 2.75) is 38.1 Å². The number of rotatable bonds is 3. The molecule has 0 aromatic heterocycles. The summed E-state index contributed by atoms with van der Waals surface area (Å²) in [6.45, 7) is 0.566. The lowest BCUT2D eigenvalue weighted by Crippen LogP contribution is -2.48. The number of phenols is 2. The molecule has 7 nitrogen and oxygen atoms in total. The van der Waals surface area contributed by atoms with E-state index in [1.807, 2.05) is 0 Å². The number of hydrogen-bond donors (Lipinski definition) is 3. The van der Waals surface area contributed by atoms with Gasteiger partial charge in [0.1, 0.15) is 17.5 Å². The van der Waals surface area contributed by atoms with Gasteiger partial charge >= 0.3 is 0 Å². The lowest BCUT2D eigenvalue weighted by atomic mass is 9.97. The fourth-order valence-electron chi connectivity index (χ4n) is 3.36. The molecule has 2 unspecified atom stereocenters. The van der Waals surface area contributed by atoms with Gasteiger partial charge in [0.15, 0.2) is 0 Å². The summed E-state index contributed by atoms with van der Waals surface area (Å²) in [6, 6.07) is 3.43. The van der Waals surface area contributed by atoms with Crippen LogP contribution in [0, 0.1) is 5.92 Å². The SMILES string of the molecule is O=C1NCCCCC1N1C(=O)CC(Cc2ccc(O)cc2O)C1=O. The summed E-state index contributed by atoms with van der Waals surface area (Å²) in [5.74, 6) is -1.76. The van der Waals surface area contributed by atoms with Crippen LogP contribution in [0.3, 0.4) is 0 Å². The summed E-state index contributed by atoms with van der Waals surface area (Å²) < 4.78 is 0. The minimum absolute atomic E-state index is 0.0307. The molecule has 3 rings (SSSR count). The van der Waals surface area contributed by atoms with Gasteiger partial charge in [0.2, 0.25) is 17.7 Å². The van der Waals surface area contributed by atoms with Crippen LogP contribution in [0.4, 0.5) is 0 Å². The van der Waals surface area contributed by atoms with Crippen molar-refractivity contribution in [3.05, 3.63) is 23.8 Å². The van der Waals surface area contributed by atoms with E-state index >= 15 is 0 Å². The van der Waals surface area contributed by atoms with Crippen LogP contribution in [0.2, 0.25) is 0 Å². The third-order valence-electron chi connectivity index (χ3n) is 4.63. The highest BCUT2D eigenvalue weighted by Gasteiger charge is 2.44. The molecule has 2 aliphatic heterocycles. The number of aromatic hydroxyl groups is 2. The zero-order valence-corrected chi connectivity index (χ0v) is 13.2. The number of imide groups is 1. The Morgan fingerprint density at radius 1 is 1.17 bits per heavy atom. The first-order valence-corrected chi connectivity index (χ1v) is 8.12. The third kappa shape index (κ3) is 3.06. The van der Waals surface area contributed by atoms with E-state index < -0.39 is 12.0 Å². The second kappa shape index (κ2) is 6.51. The van der Waals surface area contributed by atoms with Crippen molar-refractivity contribution in [2.24, 2.45) is 5.92 Å². The van der Waals surface area contributed by atoms with Gasteiger partial charge in [-0.25, -0.2) is 0 Å². The van der Waals surface area contributed by atoms with Gasteiger partial charge in [0.05, 0.1) is 5.92 Å². The average Bonchev–Trinajstić information content (AvgIpc) is 2.69. The molecule has 3 N–H and O–H groups in total. The van der Waals surface area contributed by atoms with Crippen molar-refractivity contribution in [1.82, 2.24) is 10.2 Å². The van der Waals surface area contributed by atoms with E-state index in [1.165, 1.54) is 18.2 Å². The Kier molecular flexibility index (Phi) is 4.42. The molecule has 0 radical (unpaired) electrons. The molecule has 0 spiro atoms. The van der Waals surface area contributed by atoms with Crippen molar-refractivity contribution in [2.75, 3.05) is 6.54 Å². The maximum absolute atomic E-state index is 12.6. The van der Waals surface area contributed by atoms with Gasteiger partial charge in [-0.3, -0.25) is 19.3 Å². The molecule has 2 heterocycles. The monoisotopic (exact) mass is 332 g/mol. The fourth-order valence-corrected chi connectivity index (χ4v) is 3.36. The molecule has 3 amide bonds. The van der Waals surface area contributed by atoms with Crippen molar-refractivity contribution in [3.8, 4) is 11.5 Å². The fraction of sp³-hybridized carbons (Fsp3) is 0.471. The van der Waals surface area contributed by atoms with E-state index in [0.29, 0.717) is 18.5 Å². The number of phenolic OH excluding ortho intramolecular Hbond substituents is 2. The maximum Gasteiger partial charge on any atom is 0.243 e.